The third-order valence-electron chi connectivity index (χ3n) is 4.69. The minimum atomic E-state index is -0.119. The van der Waals surface area contributed by atoms with Crippen LogP contribution in [-0.4, -0.2) is 43.0 Å². The molecule has 2 aromatic carbocycles. The number of carbonyl (C=O) groups is 1. The van der Waals surface area contributed by atoms with Crippen LogP contribution in [0.4, 0.5) is 0 Å². The predicted octanol–water partition coefficient (Wildman–Crippen LogP) is 3.54. The van der Waals surface area contributed by atoms with Gasteiger partial charge in [-0.1, -0.05) is 60.7 Å². The molecule has 0 spiro atoms. The van der Waals surface area contributed by atoms with E-state index in [0.717, 1.165) is 13.0 Å². The summed E-state index contributed by atoms with van der Waals surface area (Å²) in [4.78, 5) is 16.4. The highest BCUT2D eigenvalue weighted by Crippen LogP contribution is 2.40. The van der Waals surface area contributed by atoms with Crippen molar-refractivity contribution in [1.29, 1.82) is 0 Å². The van der Waals surface area contributed by atoms with Crippen LogP contribution in [0.3, 0.4) is 0 Å². The lowest BCUT2D eigenvalue weighted by Crippen LogP contribution is -2.52. The third-order valence-corrected chi connectivity index (χ3v) is 4.69. The van der Waals surface area contributed by atoms with Gasteiger partial charge in [0, 0.05) is 18.4 Å². The molecule has 2 aromatic rings. The van der Waals surface area contributed by atoms with Crippen LogP contribution in [0.15, 0.2) is 60.7 Å². The molecule has 3 rings (SSSR count). The second-order valence-corrected chi connectivity index (χ2v) is 6.63. The number of carbonyl (C=O) groups excluding carboxylic acids is 1. The number of benzene rings is 2. The number of rotatable bonds is 4. The Morgan fingerprint density at radius 3 is 1.92 bits per heavy atom. The molecule has 0 aromatic heterocycles. The van der Waals surface area contributed by atoms with Crippen molar-refractivity contribution in [1.82, 2.24) is 9.80 Å². The van der Waals surface area contributed by atoms with Gasteiger partial charge in [-0.2, -0.15) is 0 Å². The Hall–Kier alpha value is -1.84. The van der Waals surface area contributed by atoms with Crippen molar-refractivity contribution >= 4 is 18.3 Å². The molecule has 1 aliphatic heterocycles. The summed E-state index contributed by atoms with van der Waals surface area (Å²) in [5.41, 5.74) is 2.47. The maximum atomic E-state index is 12.4. The molecular weight excluding hydrogens is 320 g/mol. The molecule has 0 saturated carbocycles. The van der Waals surface area contributed by atoms with Crippen molar-refractivity contribution in [3.63, 3.8) is 0 Å². The summed E-state index contributed by atoms with van der Waals surface area (Å²) in [6, 6.07) is 21.2. The first-order chi connectivity index (χ1) is 11.1. The Kier molecular flexibility index (Phi) is 6.03. The normalized spacial score (nSPS) is 16.8. The lowest BCUT2D eigenvalue weighted by atomic mass is 9.69. The number of likely N-dealkylation sites (tertiary alicyclic amines) is 1. The van der Waals surface area contributed by atoms with Gasteiger partial charge in [-0.15, -0.1) is 12.4 Å². The van der Waals surface area contributed by atoms with Crippen LogP contribution in [0.2, 0.25) is 0 Å². The van der Waals surface area contributed by atoms with Crippen molar-refractivity contribution in [2.45, 2.75) is 18.3 Å². The van der Waals surface area contributed by atoms with E-state index in [1.54, 1.807) is 0 Å². The lowest BCUT2D eigenvalue weighted by Gasteiger charge is -2.44. The van der Waals surface area contributed by atoms with Crippen LogP contribution in [0.25, 0.3) is 0 Å². The zero-order chi connectivity index (χ0) is 16.3. The van der Waals surface area contributed by atoms with Gasteiger partial charge in [-0.3, -0.25) is 9.69 Å². The predicted molar refractivity (Wildman–Crippen MR) is 100 cm³/mol. The Morgan fingerprint density at radius 2 is 1.46 bits per heavy atom. The van der Waals surface area contributed by atoms with Gasteiger partial charge in [-0.25, -0.2) is 0 Å². The summed E-state index contributed by atoms with van der Waals surface area (Å²) in [5, 5.41) is 0. The summed E-state index contributed by atoms with van der Waals surface area (Å²) in [5.74, 6) is 0.251. The Bertz CT molecular complexity index is 618. The zero-order valence-electron chi connectivity index (χ0n) is 14.3. The van der Waals surface area contributed by atoms with E-state index < -0.39 is 0 Å². The van der Waals surface area contributed by atoms with Crippen molar-refractivity contribution in [3.8, 4) is 0 Å². The molecule has 128 valence electrons. The number of amides is 1. The molecule has 0 unspecified atom stereocenters. The van der Waals surface area contributed by atoms with E-state index in [2.05, 4.69) is 53.4 Å². The fraction of sp³-hybridized carbons (Fsp3) is 0.350. The molecular formula is C20H25ClN2O. The highest BCUT2D eigenvalue weighted by molar-refractivity contribution is 5.85. The molecule has 1 heterocycles. The SMILES string of the molecule is CN(C)CN1CC(c2ccccc2)(c2ccccc2)CCC1=O.Cl. The molecule has 0 radical (unpaired) electrons. The van der Waals surface area contributed by atoms with Crippen LogP contribution < -0.4 is 0 Å². The summed E-state index contributed by atoms with van der Waals surface area (Å²) >= 11 is 0. The van der Waals surface area contributed by atoms with Crippen LogP contribution in [-0.2, 0) is 10.2 Å². The Morgan fingerprint density at radius 1 is 0.958 bits per heavy atom. The molecule has 24 heavy (non-hydrogen) atoms. The fourth-order valence-corrected chi connectivity index (χ4v) is 3.59. The Balaban J connectivity index is 0.00000208. The monoisotopic (exact) mass is 344 g/mol. The summed E-state index contributed by atoms with van der Waals surface area (Å²) in [7, 11) is 4.02. The average molecular weight is 345 g/mol. The quantitative estimate of drug-likeness (QED) is 0.847. The highest BCUT2D eigenvalue weighted by atomic mass is 35.5. The highest BCUT2D eigenvalue weighted by Gasteiger charge is 2.41. The molecule has 0 aliphatic carbocycles. The van der Waals surface area contributed by atoms with Crippen LogP contribution in [0.5, 0.6) is 0 Å². The van der Waals surface area contributed by atoms with E-state index in [9.17, 15) is 4.79 Å². The molecule has 3 nitrogen and oxygen atoms in total. The second kappa shape index (κ2) is 7.82. The molecule has 1 aliphatic rings. The molecule has 1 amide bonds. The van der Waals surface area contributed by atoms with Gasteiger partial charge < -0.3 is 4.90 Å². The largest absolute Gasteiger partial charge is 0.328 e. The van der Waals surface area contributed by atoms with Crippen molar-refractivity contribution in [2.75, 3.05) is 27.3 Å². The minimum absolute atomic E-state index is 0. The number of hydrogen-bond donors (Lipinski definition) is 0. The van der Waals surface area contributed by atoms with Crippen molar-refractivity contribution in [2.24, 2.45) is 0 Å². The Labute approximate surface area is 150 Å². The van der Waals surface area contributed by atoms with Gasteiger partial charge in [0.2, 0.25) is 5.91 Å². The van der Waals surface area contributed by atoms with Gasteiger partial charge in [0.15, 0.2) is 0 Å². The molecule has 1 saturated heterocycles. The standard InChI is InChI=1S/C20H24N2O.ClH/c1-21(2)16-22-15-20(14-13-19(22)23,17-9-5-3-6-10-17)18-11-7-4-8-12-18;/h3-12H,13-16H2,1-2H3;1H. The molecule has 0 bridgehead atoms. The lowest BCUT2D eigenvalue weighted by molar-refractivity contribution is -0.136. The second-order valence-electron chi connectivity index (χ2n) is 6.63. The van der Waals surface area contributed by atoms with Gasteiger partial charge >= 0.3 is 0 Å². The smallest absolute Gasteiger partial charge is 0.223 e. The maximum absolute atomic E-state index is 12.4. The van der Waals surface area contributed by atoms with E-state index in [0.29, 0.717) is 13.1 Å². The van der Waals surface area contributed by atoms with E-state index in [1.165, 1.54) is 11.1 Å². The van der Waals surface area contributed by atoms with Crippen LogP contribution in [0.1, 0.15) is 24.0 Å². The van der Waals surface area contributed by atoms with Gasteiger partial charge in [-0.05, 0) is 31.6 Å². The fourth-order valence-electron chi connectivity index (χ4n) is 3.59. The zero-order valence-corrected chi connectivity index (χ0v) is 15.1. The van der Waals surface area contributed by atoms with Gasteiger partial charge in [0.1, 0.15) is 0 Å². The van der Waals surface area contributed by atoms with E-state index in [4.69, 9.17) is 0 Å². The van der Waals surface area contributed by atoms with E-state index in [-0.39, 0.29) is 23.7 Å². The summed E-state index contributed by atoms with van der Waals surface area (Å²) < 4.78 is 0. The van der Waals surface area contributed by atoms with Gasteiger partial charge in [0.25, 0.3) is 0 Å². The minimum Gasteiger partial charge on any atom is -0.328 e. The van der Waals surface area contributed by atoms with E-state index in [1.807, 2.05) is 31.1 Å². The van der Waals surface area contributed by atoms with Crippen LogP contribution in [0, 0.1) is 0 Å². The first-order valence-electron chi connectivity index (χ1n) is 8.15. The van der Waals surface area contributed by atoms with Crippen molar-refractivity contribution < 1.29 is 4.79 Å². The molecule has 4 heteroatoms. The van der Waals surface area contributed by atoms with Crippen LogP contribution >= 0.6 is 12.4 Å². The number of halogens is 1. The first-order valence-corrected chi connectivity index (χ1v) is 8.15. The molecule has 1 fully saturated rings. The molecule has 0 N–H and O–H groups in total. The average Bonchev–Trinajstić information content (AvgIpc) is 2.58. The number of hydrogen-bond acceptors (Lipinski definition) is 2. The number of nitrogens with zero attached hydrogens (tertiary/aromatic N) is 2. The number of piperidine rings is 1. The third kappa shape index (κ3) is 3.63. The summed E-state index contributed by atoms with van der Waals surface area (Å²) in [6.45, 7) is 1.40. The van der Waals surface area contributed by atoms with Gasteiger partial charge in [0.05, 0.1) is 6.67 Å². The van der Waals surface area contributed by atoms with Crippen molar-refractivity contribution in [3.05, 3.63) is 71.8 Å². The van der Waals surface area contributed by atoms with E-state index >= 15 is 0 Å². The molecule has 0 atom stereocenters. The summed E-state index contributed by atoms with van der Waals surface area (Å²) in [6.07, 6.45) is 1.46. The topological polar surface area (TPSA) is 23.6 Å². The first kappa shape index (κ1) is 18.5. The maximum Gasteiger partial charge on any atom is 0.223 e.